The van der Waals surface area contributed by atoms with Gasteiger partial charge in [0.05, 0.1) is 6.54 Å². The topological polar surface area (TPSA) is 75.9 Å². The smallest absolute Gasteiger partial charge is 0.135 e. The van der Waals surface area contributed by atoms with Crippen molar-refractivity contribution in [2.75, 3.05) is 17.2 Å². The summed E-state index contributed by atoms with van der Waals surface area (Å²) in [5, 5.41) is 10.4. The summed E-state index contributed by atoms with van der Waals surface area (Å²) >= 11 is 0. The predicted octanol–water partition coefficient (Wildman–Crippen LogP) is 2.43. The van der Waals surface area contributed by atoms with Crippen LogP contribution in [-0.4, -0.2) is 21.7 Å². The van der Waals surface area contributed by atoms with E-state index < -0.39 is 0 Å². The molecule has 0 fully saturated rings. The first-order valence-electron chi connectivity index (χ1n) is 6.35. The largest absolute Gasteiger partial charge is 0.370 e. The number of hydrogen-bond acceptors (Lipinski definition) is 6. The van der Waals surface area contributed by atoms with Crippen molar-refractivity contribution in [2.24, 2.45) is 0 Å². The third-order valence-corrected chi connectivity index (χ3v) is 2.72. The number of nitrogens with one attached hydrogen (secondary N) is 2. The van der Waals surface area contributed by atoms with Crippen LogP contribution in [0.15, 0.2) is 10.6 Å². The zero-order valence-corrected chi connectivity index (χ0v) is 11.7. The number of rotatable bonds is 5. The molecule has 2 N–H and O–H groups in total. The van der Waals surface area contributed by atoms with Crippen molar-refractivity contribution < 1.29 is 4.52 Å². The number of aryl methyl sites for hydroxylation is 2. The van der Waals surface area contributed by atoms with E-state index in [1.54, 1.807) is 0 Å². The summed E-state index contributed by atoms with van der Waals surface area (Å²) < 4.78 is 5.03. The lowest BCUT2D eigenvalue weighted by atomic mass is 10.3. The number of aromatic nitrogens is 3. The molecule has 0 amide bonds. The van der Waals surface area contributed by atoms with E-state index in [0.717, 1.165) is 41.0 Å². The van der Waals surface area contributed by atoms with Crippen LogP contribution in [0.25, 0.3) is 0 Å². The first-order valence-corrected chi connectivity index (χ1v) is 6.35. The molecular weight excluding hydrogens is 242 g/mol. The Morgan fingerprint density at radius 1 is 1.11 bits per heavy atom. The van der Waals surface area contributed by atoms with E-state index in [-0.39, 0.29) is 0 Å². The maximum Gasteiger partial charge on any atom is 0.135 e. The van der Waals surface area contributed by atoms with Crippen LogP contribution in [0.2, 0.25) is 0 Å². The lowest BCUT2D eigenvalue weighted by Gasteiger charge is -2.12. The zero-order valence-electron chi connectivity index (χ0n) is 11.7. The molecule has 0 saturated carbocycles. The molecule has 0 aromatic carbocycles. The van der Waals surface area contributed by atoms with Crippen LogP contribution in [0.4, 0.5) is 11.6 Å². The van der Waals surface area contributed by atoms with Crippen LogP contribution in [0, 0.1) is 20.8 Å². The molecule has 2 aromatic heterocycles. The number of anilines is 2. The Morgan fingerprint density at radius 3 is 2.37 bits per heavy atom. The van der Waals surface area contributed by atoms with Gasteiger partial charge in [0.1, 0.15) is 28.9 Å². The standard InChI is InChI=1S/C13H19N5O/c1-5-14-12-9(3)13(17-10(4)16-12)15-7-11-6-8(2)19-18-11/h6H,5,7H2,1-4H3,(H2,14,15,16,17). The Morgan fingerprint density at radius 2 is 1.79 bits per heavy atom. The molecule has 0 saturated heterocycles. The van der Waals surface area contributed by atoms with Crippen molar-refractivity contribution >= 4 is 11.6 Å². The van der Waals surface area contributed by atoms with Crippen LogP contribution in [-0.2, 0) is 6.54 Å². The van der Waals surface area contributed by atoms with Crippen molar-refractivity contribution in [3.63, 3.8) is 0 Å². The minimum absolute atomic E-state index is 0.584. The van der Waals surface area contributed by atoms with Crippen LogP contribution < -0.4 is 10.6 Å². The van der Waals surface area contributed by atoms with Crippen molar-refractivity contribution in [3.8, 4) is 0 Å². The zero-order chi connectivity index (χ0) is 13.8. The first-order chi connectivity index (χ1) is 9.10. The summed E-state index contributed by atoms with van der Waals surface area (Å²) in [5.74, 6) is 3.24. The van der Waals surface area contributed by atoms with Gasteiger partial charge in [-0.25, -0.2) is 9.97 Å². The van der Waals surface area contributed by atoms with E-state index in [4.69, 9.17) is 4.52 Å². The Bertz CT molecular complexity index is 564. The third kappa shape index (κ3) is 3.21. The van der Waals surface area contributed by atoms with Crippen molar-refractivity contribution in [2.45, 2.75) is 34.2 Å². The van der Waals surface area contributed by atoms with Gasteiger partial charge in [-0.05, 0) is 27.7 Å². The highest BCUT2D eigenvalue weighted by atomic mass is 16.5. The molecule has 6 heteroatoms. The van der Waals surface area contributed by atoms with Gasteiger partial charge in [-0.3, -0.25) is 0 Å². The van der Waals surface area contributed by atoms with Gasteiger partial charge in [-0.1, -0.05) is 5.16 Å². The average molecular weight is 261 g/mol. The molecule has 2 heterocycles. The lowest BCUT2D eigenvalue weighted by Crippen LogP contribution is -2.10. The van der Waals surface area contributed by atoms with Gasteiger partial charge in [0, 0.05) is 18.2 Å². The molecule has 102 valence electrons. The molecule has 0 radical (unpaired) electrons. The molecule has 0 unspecified atom stereocenters. The number of nitrogens with zero attached hydrogens (tertiary/aromatic N) is 3. The summed E-state index contributed by atoms with van der Waals surface area (Å²) in [6, 6.07) is 1.90. The molecule has 0 bridgehead atoms. The predicted molar refractivity (Wildman–Crippen MR) is 74.2 cm³/mol. The van der Waals surface area contributed by atoms with Crippen LogP contribution in [0.3, 0.4) is 0 Å². The summed E-state index contributed by atoms with van der Waals surface area (Å²) in [6.07, 6.45) is 0. The second-order valence-electron chi connectivity index (χ2n) is 4.41. The minimum atomic E-state index is 0.584. The van der Waals surface area contributed by atoms with E-state index in [0.29, 0.717) is 6.54 Å². The van der Waals surface area contributed by atoms with Crippen molar-refractivity contribution in [3.05, 3.63) is 28.9 Å². The fraction of sp³-hybridized carbons (Fsp3) is 0.462. The highest BCUT2D eigenvalue weighted by Crippen LogP contribution is 2.20. The highest BCUT2D eigenvalue weighted by molar-refractivity contribution is 5.57. The molecule has 0 aliphatic rings. The van der Waals surface area contributed by atoms with Crippen molar-refractivity contribution in [1.82, 2.24) is 15.1 Å². The summed E-state index contributed by atoms with van der Waals surface area (Å²) in [4.78, 5) is 8.80. The second kappa shape index (κ2) is 5.69. The fourth-order valence-electron chi connectivity index (χ4n) is 1.82. The van der Waals surface area contributed by atoms with Gasteiger partial charge >= 0.3 is 0 Å². The van der Waals surface area contributed by atoms with E-state index in [9.17, 15) is 0 Å². The second-order valence-corrected chi connectivity index (χ2v) is 4.41. The van der Waals surface area contributed by atoms with Crippen molar-refractivity contribution in [1.29, 1.82) is 0 Å². The fourth-order valence-corrected chi connectivity index (χ4v) is 1.82. The van der Waals surface area contributed by atoms with Crippen LogP contribution in [0.5, 0.6) is 0 Å². The molecule has 6 nitrogen and oxygen atoms in total. The monoisotopic (exact) mass is 261 g/mol. The minimum Gasteiger partial charge on any atom is -0.370 e. The summed E-state index contributed by atoms with van der Waals surface area (Å²) in [7, 11) is 0. The van der Waals surface area contributed by atoms with E-state index in [1.807, 2.05) is 33.8 Å². The van der Waals surface area contributed by atoms with E-state index >= 15 is 0 Å². The van der Waals surface area contributed by atoms with Crippen LogP contribution in [0.1, 0.15) is 29.8 Å². The highest BCUT2D eigenvalue weighted by Gasteiger charge is 2.09. The summed E-state index contributed by atoms with van der Waals surface area (Å²) in [5.41, 5.74) is 1.87. The molecule has 2 aromatic rings. The van der Waals surface area contributed by atoms with Gasteiger partial charge in [0.15, 0.2) is 0 Å². The maximum absolute atomic E-state index is 5.03. The van der Waals surface area contributed by atoms with Gasteiger partial charge in [0.25, 0.3) is 0 Å². The quantitative estimate of drug-likeness (QED) is 0.861. The molecule has 0 spiro atoms. The molecule has 2 rings (SSSR count). The molecule has 0 atom stereocenters. The first kappa shape index (κ1) is 13.3. The molecular formula is C13H19N5O. The lowest BCUT2D eigenvalue weighted by molar-refractivity contribution is 0.391. The SMILES string of the molecule is CCNc1nc(C)nc(NCc2cc(C)on2)c1C. The molecule has 0 aliphatic heterocycles. The maximum atomic E-state index is 5.03. The Labute approximate surface area is 112 Å². The van der Waals surface area contributed by atoms with E-state index in [1.165, 1.54) is 0 Å². The number of hydrogen-bond donors (Lipinski definition) is 2. The molecule has 0 aliphatic carbocycles. The van der Waals surface area contributed by atoms with Gasteiger partial charge < -0.3 is 15.2 Å². The Balaban J connectivity index is 2.15. The third-order valence-electron chi connectivity index (χ3n) is 2.72. The van der Waals surface area contributed by atoms with Crippen LogP contribution >= 0.6 is 0 Å². The van der Waals surface area contributed by atoms with Gasteiger partial charge in [0.2, 0.25) is 0 Å². The Hall–Kier alpha value is -2.11. The molecule has 19 heavy (non-hydrogen) atoms. The normalized spacial score (nSPS) is 10.5. The van der Waals surface area contributed by atoms with Gasteiger partial charge in [-0.15, -0.1) is 0 Å². The Kier molecular flexibility index (Phi) is 3.99. The summed E-state index contributed by atoms with van der Waals surface area (Å²) in [6.45, 7) is 9.21. The van der Waals surface area contributed by atoms with Gasteiger partial charge in [-0.2, -0.15) is 0 Å². The average Bonchev–Trinajstić information content (AvgIpc) is 2.78. The van der Waals surface area contributed by atoms with E-state index in [2.05, 4.69) is 25.8 Å².